The lowest BCUT2D eigenvalue weighted by Gasteiger charge is -2.26. The van der Waals surface area contributed by atoms with Crippen LogP contribution >= 0.6 is 0 Å². The topological polar surface area (TPSA) is 325 Å². The van der Waals surface area contributed by atoms with E-state index in [4.69, 9.17) is 17.0 Å². The number of carboxylic acids is 1. The minimum Gasteiger partial charge on any atom is -0.481 e. The lowest BCUT2D eigenvalue weighted by molar-refractivity contribution is -0.141. The van der Waals surface area contributed by atoms with Gasteiger partial charge in [0.05, 0.1) is 13.0 Å². The number of guanidine groups is 1. The fraction of sp³-hybridized carbons (Fsp3) is 0.533. The minimum atomic E-state index is -1.60. The van der Waals surface area contributed by atoms with E-state index in [0.29, 0.717) is 18.4 Å². The molecule has 0 bridgehead atoms. The number of hydrogen-bond donors (Lipinski definition) is 9. The SMILES string of the molecule is [N-]=[N+]=NCCC(=O)NCCCC[C@@H]1NC(=O)[C@@H](Cc2ccccc2)NC(=O)[C@H](CC(=O)O)NC(=O)CNC(=O)[C@H](CCCN=C(N)N)NC1=O. The van der Waals surface area contributed by atoms with Gasteiger partial charge >= 0.3 is 5.97 Å². The lowest BCUT2D eigenvalue weighted by atomic mass is 10.0. The molecule has 20 nitrogen and oxygen atoms in total. The highest BCUT2D eigenvalue weighted by Crippen LogP contribution is 2.09. The van der Waals surface area contributed by atoms with Gasteiger partial charge < -0.3 is 48.5 Å². The number of nitrogens with two attached hydrogens (primary N) is 2. The zero-order valence-electron chi connectivity index (χ0n) is 27.4. The van der Waals surface area contributed by atoms with E-state index in [1.54, 1.807) is 30.3 Å². The Hall–Kier alpha value is -5.91. The van der Waals surface area contributed by atoms with Gasteiger partial charge in [-0.25, -0.2) is 0 Å². The normalized spacial score (nSPS) is 20.2. The summed E-state index contributed by atoms with van der Waals surface area (Å²) in [6.45, 7) is -0.292. The van der Waals surface area contributed by atoms with E-state index in [1.807, 2.05) is 0 Å². The maximum atomic E-state index is 13.8. The Morgan fingerprint density at radius 1 is 0.840 bits per heavy atom. The van der Waals surface area contributed by atoms with Gasteiger partial charge in [-0.05, 0) is 43.2 Å². The van der Waals surface area contributed by atoms with Gasteiger partial charge in [-0.2, -0.15) is 0 Å². The van der Waals surface area contributed by atoms with Crippen molar-refractivity contribution in [3.8, 4) is 0 Å². The number of azide groups is 1. The van der Waals surface area contributed by atoms with Gasteiger partial charge in [0.2, 0.25) is 35.4 Å². The smallest absolute Gasteiger partial charge is 0.305 e. The number of unbranched alkanes of at least 4 members (excludes halogenated alkanes) is 1. The predicted octanol–water partition coefficient (Wildman–Crippen LogP) is -2.19. The number of nitrogens with zero attached hydrogens (tertiary/aromatic N) is 4. The first-order chi connectivity index (χ1) is 23.9. The van der Waals surface area contributed by atoms with E-state index in [9.17, 15) is 38.7 Å². The average Bonchev–Trinajstić information content (AvgIpc) is 3.07. The van der Waals surface area contributed by atoms with E-state index in [1.165, 1.54) is 0 Å². The highest BCUT2D eigenvalue weighted by Gasteiger charge is 2.33. The molecule has 2 rings (SSSR count). The van der Waals surface area contributed by atoms with E-state index < -0.39 is 72.6 Å². The Balaban J connectivity index is 2.38. The molecule has 20 heteroatoms. The van der Waals surface area contributed by atoms with Gasteiger partial charge in [0.25, 0.3) is 0 Å². The molecule has 50 heavy (non-hydrogen) atoms. The number of amides is 6. The fourth-order valence-corrected chi connectivity index (χ4v) is 4.82. The number of hydrogen-bond acceptors (Lipinski definition) is 9. The Morgan fingerprint density at radius 3 is 2.12 bits per heavy atom. The Bertz CT molecular complexity index is 1430. The molecule has 1 aromatic rings. The second-order valence-corrected chi connectivity index (χ2v) is 11.3. The first-order valence-corrected chi connectivity index (χ1v) is 16.0. The molecular weight excluding hydrogens is 656 g/mol. The standard InChI is InChI=1S/C30H44N12O8/c31-30(32)35-13-6-10-19-26(47)36-17-24(44)38-22(16-25(45)46)29(50)41-21(15-18-7-2-1-3-8-18)28(49)40-20(27(48)39-19)9-4-5-12-34-23(43)11-14-37-42-33/h1-3,7-8,19-22H,4-6,9-17H2,(H,34,43)(H,36,47)(H,38,44)(H,39,48)(H,40,49)(H,41,50)(H,45,46)(H4,31,32,35)/t19-,20-,21+,22-/m0/s1. The minimum absolute atomic E-state index is 0.000720. The third kappa shape index (κ3) is 15.8. The molecular formula is C30H44N12O8. The number of carbonyl (C=O) groups excluding carboxylic acids is 6. The quantitative estimate of drug-likeness (QED) is 0.0224. The number of aliphatic imine (C=N–C) groups is 1. The van der Waals surface area contributed by atoms with E-state index in [-0.39, 0.29) is 63.6 Å². The molecule has 1 aliphatic heterocycles. The van der Waals surface area contributed by atoms with Crippen LogP contribution in [0.2, 0.25) is 0 Å². The molecule has 1 aromatic carbocycles. The van der Waals surface area contributed by atoms with Crippen molar-refractivity contribution in [3.05, 3.63) is 46.3 Å². The third-order valence-corrected chi connectivity index (χ3v) is 7.32. The first-order valence-electron chi connectivity index (χ1n) is 16.0. The Labute approximate surface area is 287 Å². The van der Waals surface area contributed by atoms with Crippen LogP contribution in [0, 0.1) is 0 Å². The van der Waals surface area contributed by atoms with Crippen LogP contribution in [0.3, 0.4) is 0 Å². The molecule has 0 saturated carbocycles. The molecule has 0 spiro atoms. The van der Waals surface area contributed by atoms with Crippen molar-refractivity contribution in [3.63, 3.8) is 0 Å². The number of nitrogens with one attached hydrogen (secondary N) is 6. The van der Waals surface area contributed by atoms with Crippen molar-refractivity contribution < 1.29 is 38.7 Å². The summed E-state index contributed by atoms with van der Waals surface area (Å²) >= 11 is 0. The van der Waals surface area contributed by atoms with Crippen LogP contribution in [0.5, 0.6) is 0 Å². The largest absolute Gasteiger partial charge is 0.481 e. The van der Waals surface area contributed by atoms with Crippen LogP contribution in [0.4, 0.5) is 0 Å². The maximum Gasteiger partial charge on any atom is 0.305 e. The number of aliphatic carboxylic acids is 1. The van der Waals surface area contributed by atoms with Crippen LogP contribution in [0.1, 0.15) is 50.5 Å². The predicted molar refractivity (Wildman–Crippen MR) is 179 cm³/mol. The zero-order valence-corrected chi connectivity index (χ0v) is 27.4. The van der Waals surface area contributed by atoms with Crippen molar-refractivity contribution in [2.45, 2.75) is 75.5 Å². The highest BCUT2D eigenvalue weighted by molar-refractivity contribution is 5.98. The summed E-state index contributed by atoms with van der Waals surface area (Å²) in [5.74, 6) is -6.03. The van der Waals surface area contributed by atoms with Crippen molar-refractivity contribution in [2.75, 3.05) is 26.2 Å². The number of benzene rings is 1. The van der Waals surface area contributed by atoms with Gasteiger partial charge in [-0.1, -0.05) is 35.4 Å². The van der Waals surface area contributed by atoms with Crippen LogP contribution in [-0.4, -0.2) is 103 Å². The molecule has 0 aliphatic carbocycles. The molecule has 1 fully saturated rings. The van der Waals surface area contributed by atoms with Crippen LogP contribution in [-0.2, 0) is 40.0 Å². The molecule has 1 aliphatic rings. The molecule has 0 aromatic heterocycles. The summed E-state index contributed by atoms with van der Waals surface area (Å²) in [5, 5.41) is 27.8. The van der Waals surface area contributed by atoms with Crippen molar-refractivity contribution in [1.82, 2.24) is 31.9 Å². The maximum absolute atomic E-state index is 13.8. The van der Waals surface area contributed by atoms with Crippen molar-refractivity contribution >= 4 is 47.4 Å². The molecule has 1 heterocycles. The summed E-state index contributed by atoms with van der Waals surface area (Å²) in [6.07, 6.45) is 0.200. The van der Waals surface area contributed by atoms with E-state index in [2.05, 4.69) is 46.9 Å². The second kappa shape index (κ2) is 21.9. The Kier molecular flexibility index (Phi) is 17.6. The van der Waals surface area contributed by atoms with Gasteiger partial charge in [0.15, 0.2) is 5.96 Å². The van der Waals surface area contributed by atoms with E-state index >= 15 is 0 Å². The monoisotopic (exact) mass is 700 g/mol. The molecule has 4 atom stereocenters. The first kappa shape index (κ1) is 40.3. The molecule has 0 unspecified atom stereocenters. The Morgan fingerprint density at radius 2 is 1.46 bits per heavy atom. The molecule has 1 saturated heterocycles. The van der Waals surface area contributed by atoms with E-state index in [0.717, 1.165) is 0 Å². The zero-order chi connectivity index (χ0) is 36.9. The average molecular weight is 701 g/mol. The molecule has 6 amide bonds. The molecule has 11 N–H and O–H groups in total. The number of rotatable bonds is 16. The summed E-state index contributed by atoms with van der Waals surface area (Å²) < 4.78 is 0. The van der Waals surface area contributed by atoms with Crippen LogP contribution in [0.15, 0.2) is 40.4 Å². The molecule has 272 valence electrons. The van der Waals surface area contributed by atoms with Gasteiger partial charge in [0, 0.05) is 37.4 Å². The van der Waals surface area contributed by atoms with Crippen molar-refractivity contribution in [2.24, 2.45) is 21.6 Å². The van der Waals surface area contributed by atoms with Crippen LogP contribution in [0.25, 0.3) is 10.4 Å². The highest BCUT2D eigenvalue weighted by atomic mass is 16.4. The van der Waals surface area contributed by atoms with Gasteiger partial charge in [0.1, 0.15) is 24.2 Å². The van der Waals surface area contributed by atoms with Gasteiger partial charge in [-0.15, -0.1) is 0 Å². The second-order valence-electron chi connectivity index (χ2n) is 11.3. The lowest BCUT2D eigenvalue weighted by Crippen LogP contribution is -2.58. The summed E-state index contributed by atoms with van der Waals surface area (Å²) in [4.78, 5) is 96.6. The summed E-state index contributed by atoms with van der Waals surface area (Å²) in [6, 6.07) is 3.30. The number of carbonyl (C=O) groups is 7. The van der Waals surface area contributed by atoms with Crippen LogP contribution < -0.4 is 43.4 Å². The molecule has 0 radical (unpaired) electrons. The van der Waals surface area contributed by atoms with Crippen molar-refractivity contribution in [1.29, 1.82) is 0 Å². The fourth-order valence-electron chi connectivity index (χ4n) is 4.82. The summed E-state index contributed by atoms with van der Waals surface area (Å²) in [5.41, 5.74) is 19.7. The van der Waals surface area contributed by atoms with Gasteiger partial charge in [-0.3, -0.25) is 38.6 Å². The summed E-state index contributed by atoms with van der Waals surface area (Å²) in [7, 11) is 0. The third-order valence-electron chi connectivity index (χ3n) is 7.32. The number of carboxylic acid groups (broad SMARTS) is 1.